The second kappa shape index (κ2) is 6.36. The Morgan fingerprint density at radius 3 is 2.82 bits per heavy atom. The third-order valence-electron chi connectivity index (χ3n) is 3.19. The molecule has 0 bridgehead atoms. The third-order valence-corrected chi connectivity index (χ3v) is 3.44. The molecule has 94 valence electrons. The molecule has 0 radical (unpaired) electrons. The Balaban J connectivity index is 1.90. The minimum atomic E-state index is 0.185. The van der Waals surface area contributed by atoms with Crippen molar-refractivity contribution < 1.29 is 5.11 Å². The monoisotopic (exact) mass is 254 g/mol. The lowest BCUT2D eigenvalue weighted by Gasteiger charge is -2.25. The van der Waals surface area contributed by atoms with E-state index in [-0.39, 0.29) is 6.61 Å². The Morgan fingerprint density at radius 1 is 1.35 bits per heavy atom. The van der Waals surface area contributed by atoms with Crippen molar-refractivity contribution in [3.05, 3.63) is 34.9 Å². The van der Waals surface area contributed by atoms with Crippen molar-refractivity contribution in [2.75, 3.05) is 19.7 Å². The summed E-state index contributed by atoms with van der Waals surface area (Å²) >= 11 is 5.87. The summed E-state index contributed by atoms with van der Waals surface area (Å²) in [4.78, 5) is 0. The number of hydrogen-bond acceptors (Lipinski definition) is 3. The van der Waals surface area contributed by atoms with E-state index in [0.717, 1.165) is 18.0 Å². The maximum atomic E-state index is 8.83. The predicted octanol–water partition coefficient (Wildman–Crippen LogP) is 1.84. The van der Waals surface area contributed by atoms with Crippen LogP contribution in [0.3, 0.4) is 0 Å². The predicted molar refractivity (Wildman–Crippen MR) is 70.0 cm³/mol. The van der Waals surface area contributed by atoms with E-state index in [1.165, 1.54) is 18.4 Å². The first-order chi connectivity index (χ1) is 8.29. The number of benzene rings is 1. The van der Waals surface area contributed by atoms with E-state index >= 15 is 0 Å². The van der Waals surface area contributed by atoms with Crippen molar-refractivity contribution in [3.63, 3.8) is 0 Å². The van der Waals surface area contributed by atoms with E-state index in [2.05, 4.69) is 22.6 Å². The fourth-order valence-electron chi connectivity index (χ4n) is 2.34. The zero-order chi connectivity index (χ0) is 12.1. The maximum Gasteiger partial charge on any atom is 0.0570 e. The van der Waals surface area contributed by atoms with Gasteiger partial charge in [0.05, 0.1) is 6.61 Å². The first-order valence-corrected chi connectivity index (χ1v) is 6.53. The van der Waals surface area contributed by atoms with E-state index in [0.29, 0.717) is 12.6 Å². The van der Waals surface area contributed by atoms with Gasteiger partial charge >= 0.3 is 0 Å². The topological polar surface area (TPSA) is 35.5 Å². The normalized spacial score (nSPS) is 20.9. The molecule has 1 fully saturated rings. The molecule has 1 atom stereocenters. The van der Waals surface area contributed by atoms with Crippen LogP contribution in [-0.4, -0.2) is 35.9 Å². The smallest absolute Gasteiger partial charge is 0.0570 e. The highest BCUT2D eigenvalue weighted by Crippen LogP contribution is 2.20. The molecule has 1 aromatic rings. The molecule has 0 aromatic heterocycles. The van der Waals surface area contributed by atoms with Crippen LogP contribution in [0.4, 0.5) is 0 Å². The zero-order valence-corrected chi connectivity index (χ0v) is 10.7. The molecule has 1 aromatic carbocycles. The van der Waals surface area contributed by atoms with Crippen LogP contribution in [-0.2, 0) is 6.42 Å². The number of aliphatic hydroxyl groups is 1. The summed E-state index contributed by atoms with van der Waals surface area (Å²) in [5.41, 5.74) is 4.59. The van der Waals surface area contributed by atoms with E-state index in [1.807, 2.05) is 12.1 Å². The van der Waals surface area contributed by atoms with Gasteiger partial charge in [-0.2, -0.15) is 0 Å². The summed E-state index contributed by atoms with van der Waals surface area (Å²) in [6, 6.07) is 8.59. The number of nitrogens with one attached hydrogen (secondary N) is 1. The van der Waals surface area contributed by atoms with Crippen molar-refractivity contribution in [2.24, 2.45) is 0 Å². The fourth-order valence-corrected chi connectivity index (χ4v) is 2.47. The standard InChI is InChI=1S/C13H19ClN2O/c14-12-5-3-11(4-6-12)10-13-2-1-8-16(13)15-7-9-17/h3-6,13,15,17H,1-2,7-10H2. The van der Waals surface area contributed by atoms with Crippen molar-refractivity contribution in [1.29, 1.82) is 0 Å². The summed E-state index contributed by atoms with van der Waals surface area (Å²) in [6.07, 6.45) is 3.47. The fraction of sp³-hybridized carbons (Fsp3) is 0.538. The van der Waals surface area contributed by atoms with Crippen LogP contribution < -0.4 is 5.43 Å². The van der Waals surface area contributed by atoms with Crippen LogP contribution in [0, 0.1) is 0 Å². The van der Waals surface area contributed by atoms with Gasteiger partial charge in [0.1, 0.15) is 0 Å². The summed E-state index contributed by atoms with van der Waals surface area (Å²) in [6.45, 7) is 1.89. The zero-order valence-electron chi connectivity index (χ0n) is 9.90. The minimum absolute atomic E-state index is 0.185. The molecule has 3 nitrogen and oxygen atoms in total. The molecule has 1 unspecified atom stereocenters. The van der Waals surface area contributed by atoms with E-state index < -0.39 is 0 Å². The highest BCUT2D eigenvalue weighted by Gasteiger charge is 2.23. The van der Waals surface area contributed by atoms with Gasteiger partial charge in [-0.15, -0.1) is 0 Å². The van der Waals surface area contributed by atoms with Crippen molar-refractivity contribution in [1.82, 2.24) is 10.4 Å². The second-order valence-electron chi connectivity index (χ2n) is 4.45. The number of nitrogens with zero attached hydrogens (tertiary/aromatic N) is 1. The molecule has 1 aliphatic heterocycles. The molecule has 1 aliphatic rings. The lowest BCUT2D eigenvalue weighted by molar-refractivity contribution is 0.149. The summed E-state index contributed by atoms with van der Waals surface area (Å²) in [5, 5.41) is 11.9. The molecule has 17 heavy (non-hydrogen) atoms. The van der Waals surface area contributed by atoms with Crippen molar-refractivity contribution in [3.8, 4) is 0 Å². The lowest BCUT2D eigenvalue weighted by Crippen LogP contribution is -2.43. The van der Waals surface area contributed by atoms with Crippen LogP contribution in [0.5, 0.6) is 0 Å². The minimum Gasteiger partial charge on any atom is -0.395 e. The average molecular weight is 255 g/mol. The Hall–Kier alpha value is -0.610. The Labute approximate surface area is 107 Å². The lowest BCUT2D eigenvalue weighted by atomic mass is 10.0. The van der Waals surface area contributed by atoms with Gasteiger partial charge in [-0.05, 0) is 37.0 Å². The maximum absolute atomic E-state index is 8.83. The van der Waals surface area contributed by atoms with Gasteiger partial charge in [0.2, 0.25) is 0 Å². The average Bonchev–Trinajstić information content (AvgIpc) is 2.77. The van der Waals surface area contributed by atoms with E-state index in [9.17, 15) is 0 Å². The SMILES string of the molecule is OCCNN1CCCC1Cc1ccc(Cl)cc1. The van der Waals surface area contributed by atoms with Gasteiger partial charge in [0.15, 0.2) is 0 Å². The van der Waals surface area contributed by atoms with Gasteiger partial charge < -0.3 is 5.11 Å². The molecular weight excluding hydrogens is 236 g/mol. The highest BCUT2D eigenvalue weighted by molar-refractivity contribution is 6.30. The number of aliphatic hydroxyl groups excluding tert-OH is 1. The number of hydrazine groups is 1. The van der Waals surface area contributed by atoms with Crippen molar-refractivity contribution in [2.45, 2.75) is 25.3 Å². The quantitative estimate of drug-likeness (QED) is 0.842. The van der Waals surface area contributed by atoms with Gasteiger partial charge in [-0.1, -0.05) is 23.7 Å². The van der Waals surface area contributed by atoms with Gasteiger partial charge in [0, 0.05) is 24.2 Å². The molecule has 4 heteroatoms. The molecule has 1 saturated heterocycles. The van der Waals surface area contributed by atoms with Crippen LogP contribution in [0.25, 0.3) is 0 Å². The summed E-state index contributed by atoms with van der Waals surface area (Å²) in [7, 11) is 0. The molecule has 0 aliphatic carbocycles. The molecule has 0 saturated carbocycles. The molecule has 2 rings (SSSR count). The summed E-state index contributed by atoms with van der Waals surface area (Å²) < 4.78 is 0. The molecule has 1 heterocycles. The van der Waals surface area contributed by atoms with Crippen LogP contribution in [0.1, 0.15) is 18.4 Å². The van der Waals surface area contributed by atoms with Gasteiger partial charge in [0.25, 0.3) is 0 Å². The largest absolute Gasteiger partial charge is 0.395 e. The Bertz CT molecular complexity index is 342. The number of hydrogen-bond donors (Lipinski definition) is 2. The van der Waals surface area contributed by atoms with Gasteiger partial charge in [-0.3, -0.25) is 5.43 Å². The van der Waals surface area contributed by atoms with Gasteiger partial charge in [-0.25, -0.2) is 5.01 Å². The summed E-state index contributed by atoms with van der Waals surface area (Å²) in [5.74, 6) is 0. The molecule has 2 N–H and O–H groups in total. The van der Waals surface area contributed by atoms with Crippen molar-refractivity contribution >= 4 is 11.6 Å². The molecular formula is C13H19ClN2O. The number of rotatable bonds is 5. The highest BCUT2D eigenvalue weighted by atomic mass is 35.5. The van der Waals surface area contributed by atoms with Crippen LogP contribution >= 0.6 is 11.6 Å². The van der Waals surface area contributed by atoms with E-state index in [1.54, 1.807) is 0 Å². The first-order valence-electron chi connectivity index (χ1n) is 6.15. The van der Waals surface area contributed by atoms with Crippen LogP contribution in [0.2, 0.25) is 5.02 Å². The van der Waals surface area contributed by atoms with Crippen LogP contribution in [0.15, 0.2) is 24.3 Å². The first kappa shape index (κ1) is 12.8. The third kappa shape index (κ3) is 3.68. The number of halogens is 1. The van der Waals surface area contributed by atoms with E-state index in [4.69, 9.17) is 16.7 Å². The molecule has 0 amide bonds. The Morgan fingerprint density at radius 2 is 2.12 bits per heavy atom. The Kier molecular flexibility index (Phi) is 4.80. The second-order valence-corrected chi connectivity index (χ2v) is 4.89. The molecule has 0 spiro atoms.